The number of hydrogen-bond donors (Lipinski definition) is 1. The van der Waals surface area contributed by atoms with E-state index in [1.54, 1.807) is 22.3 Å². The molecule has 0 spiro atoms. The Balaban J connectivity index is 1.75. The van der Waals surface area contributed by atoms with Crippen molar-refractivity contribution in [1.29, 1.82) is 0 Å². The van der Waals surface area contributed by atoms with Crippen LogP contribution in [0.3, 0.4) is 0 Å². The van der Waals surface area contributed by atoms with Gasteiger partial charge in [0.1, 0.15) is 12.1 Å². The van der Waals surface area contributed by atoms with Crippen LogP contribution in [0.15, 0.2) is 54.3 Å². The Hall–Kier alpha value is -2.73. The number of fused-ring (bicyclic) bond motifs is 1. The first-order valence-electron chi connectivity index (χ1n) is 8.27. The SMILES string of the molecule is CCc1ccc([C@@H](Nc2ncnc3c2cnn3C)c2cccs2)cc1. The van der Waals surface area contributed by atoms with Crippen molar-refractivity contribution >= 4 is 28.2 Å². The number of benzene rings is 1. The summed E-state index contributed by atoms with van der Waals surface area (Å²) in [7, 11) is 1.89. The molecule has 1 atom stereocenters. The third-order valence-corrected chi connectivity index (χ3v) is 5.30. The molecule has 0 fully saturated rings. The van der Waals surface area contributed by atoms with Crippen molar-refractivity contribution in [2.75, 3.05) is 5.32 Å². The maximum absolute atomic E-state index is 4.46. The van der Waals surface area contributed by atoms with E-state index in [1.165, 1.54) is 16.0 Å². The zero-order valence-corrected chi connectivity index (χ0v) is 15.0. The minimum Gasteiger partial charge on any atom is -0.358 e. The quantitative estimate of drug-likeness (QED) is 0.587. The van der Waals surface area contributed by atoms with Gasteiger partial charge in [0.15, 0.2) is 5.65 Å². The van der Waals surface area contributed by atoms with Crippen LogP contribution in [0.1, 0.15) is 29.0 Å². The van der Waals surface area contributed by atoms with Gasteiger partial charge in [-0.25, -0.2) is 9.97 Å². The standard InChI is InChI=1S/C19H19N5S/c1-3-13-6-8-14(9-7-13)17(16-5-4-10-25-16)23-18-15-11-22-24(2)19(15)21-12-20-18/h4-12,17H,3H2,1-2H3,(H,20,21,23)/t17-/m1/s1. The van der Waals surface area contributed by atoms with Gasteiger partial charge in [-0.05, 0) is 29.0 Å². The van der Waals surface area contributed by atoms with E-state index in [0.717, 1.165) is 23.3 Å². The fourth-order valence-corrected chi connectivity index (χ4v) is 3.74. The number of nitrogens with one attached hydrogen (secondary N) is 1. The molecule has 0 radical (unpaired) electrons. The first-order chi connectivity index (χ1) is 12.3. The molecule has 0 saturated carbocycles. The molecule has 0 bridgehead atoms. The normalized spacial score (nSPS) is 12.4. The molecule has 5 nitrogen and oxygen atoms in total. The minimum absolute atomic E-state index is 0.0456. The second kappa shape index (κ2) is 6.64. The van der Waals surface area contributed by atoms with Crippen LogP contribution in [0.4, 0.5) is 5.82 Å². The van der Waals surface area contributed by atoms with Crippen LogP contribution in [0, 0.1) is 0 Å². The number of aryl methyl sites for hydroxylation is 2. The van der Waals surface area contributed by atoms with Crippen LogP contribution in [0.2, 0.25) is 0 Å². The van der Waals surface area contributed by atoms with Crippen LogP contribution in [-0.4, -0.2) is 19.7 Å². The second-order valence-electron chi connectivity index (χ2n) is 5.92. The van der Waals surface area contributed by atoms with Crippen LogP contribution in [0.5, 0.6) is 0 Å². The Labute approximate surface area is 150 Å². The topological polar surface area (TPSA) is 55.6 Å². The molecule has 25 heavy (non-hydrogen) atoms. The zero-order valence-electron chi connectivity index (χ0n) is 14.2. The van der Waals surface area contributed by atoms with E-state index >= 15 is 0 Å². The van der Waals surface area contributed by atoms with Crippen molar-refractivity contribution in [3.8, 4) is 0 Å². The molecular formula is C19H19N5S. The van der Waals surface area contributed by atoms with Gasteiger partial charge < -0.3 is 5.32 Å². The van der Waals surface area contributed by atoms with Gasteiger partial charge in [-0.3, -0.25) is 4.68 Å². The molecule has 126 valence electrons. The minimum atomic E-state index is 0.0456. The van der Waals surface area contributed by atoms with Crippen molar-refractivity contribution in [1.82, 2.24) is 19.7 Å². The summed E-state index contributed by atoms with van der Waals surface area (Å²) in [6.07, 6.45) is 4.43. The lowest BCUT2D eigenvalue weighted by Crippen LogP contribution is -2.12. The molecule has 1 N–H and O–H groups in total. The summed E-state index contributed by atoms with van der Waals surface area (Å²) in [5, 5.41) is 10.9. The van der Waals surface area contributed by atoms with E-state index < -0.39 is 0 Å². The van der Waals surface area contributed by atoms with Gasteiger partial charge in [-0.2, -0.15) is 5.10 Å². The van der Waals surface area contributed by atoms with Crippen LogP contribution < -0.4 is 5.32 Å². The number of rotatable bonds is 5. The maximum atomic E-state index is 4.46. The Morgan fingerprint density at radius 3 is 2.72 bits per heavy atom. The van der Waals surface area contributed by atoms with Crippen molar-refractivity contribution in [3.05, 3.63) is 70.3 Å². The lowest BCUT2D eigenvalue weighted by atomic mass is 10.0. The third-order valence-electron chi connectivity index (χ3n) is 4.36. The average molecular weight is 349 g/mol. The van der Waals surface area contributed by atoms with Crippen molar-refractivity contribution in [2.24, 2.45) is 7.05 Å². The summed E-state index contributed by atoms with van der Waals surface area (Å²) in [5.74, 6) is 0.802. The van der Waals surface area contributed by atoms with E-state index in [9.17, 15) is 0 Å². The van der Waals surface area contributed by atoms with Crippen molar-refractivity contribution in [2.45, 2.75) is 19.4 Å². The predicted molar refractivity (Wildman–Crippen MR) is 102 cm³/mol. The van der Waals surface area contributed by atoms with E-state index in [-0.39, 0.29) is 6.04 Å². The first kappa shape index (κ1) is 15.8. The van der Waals surface area contributed by atoms with Gasteiger partial charge in [0.05, 0.1) is 17.6 Å². The zero-order chi connectivity index (χ0) is 17.2. The summed E-state index contributed by atoms with van der Waals surface area (Å²) < 4.78 is 1.76. The number of hydrogen-bond acceptors (Lipinski definition) is 5. The second-order valence-corrected chi connectivity index (χ2v) is 6.89. The Bertz CT molecular complexity index is 973. The highest BCUT2D eigenvalue weighted by molar-refractivity contribution is 7.10. The molecule has 4 rings (SSSR count). The molecule has 1 aromatic carbocycles. The van der Waals surface area contributed by atoms with Gasteiger partial charge in [-0.15, -0.1) is 11.3 Å². The summed E-state index contributed by atoms with van der Waals surface area (Å²) in [5.41, 5.74) is 3.38. The molecule has 3 heterocycles. The third kappa shape index (κ3) is 3.00. The number of thiophene rings is 1. The van der Waals surface area contributed by atoms with E-state index in [1.807, 2.05) is 13.2 Å². The van der Waals surface area contributed by atoms with Gasteiger partial charge in [0.25, 0.3) is 0 Å². The molecule has 0 amide bonds. The summed E-state index contributed by atoms with van der Waals surface area (Å²) >= 11 is 1.74. The Morgan fingerprint density at radius 1 is 1.16 bits per heavy atom. The number of aromatic nitrogens is 4. The lowest BCUT2D eigenvalue weighted by Gasteiger charge is -2.19. The average Bonchev–Trinajstić information content (AvgIpc) is 3.31. The van der Waals surface area contributed by atoms with Crippen LogP contribution >= 0.6 is 11.3 Å². The maximum Gasteiger partial charge on any atom is 0.163 e. The van der Waals surface area contributed by atoms with Crippen molar-refractivity contribution < 1.29 is 0 Å². The summed E-state index contributed by atoms with van der Waals surface area (Å²) in [6.45, 7) is 2.17. The lowest BCUT2D eigenvalue weighted by molar-refractivity contribution is 0.785. The molecule has 0 saturated heterocycles. The number of anilines is 1. The van der Waals surface area contributed by atoms with Crippen molar-refractivity contribution in [3.63, 3.8) is 0 Å². The fourth-order valence-electron chi connectivity index (χ4n) is 2.93. The van der Waals surface area contributed by atoms with Gasteiger partial charge >= 0.3 is 0 Å². The molecule has 3 aromatic heterocycles. The van der Waals surface area contributed by atoms with Gasteiger partial charge in [-0.1, -0.05) is 37.3 Å². The van der Waals surface area contributed by atoms with E-state index in [0.29, 0.717) is 0 Å². The molecule has 6 heteroatoms. The highest BCUT2D eigenvalue weighted by Gasteiger charge is 2.18. The summed E-state index contributed by atoms with van der Waals surface area (Å²) in [4.78, 5) is 10.0. The molecule has 0 aliphatic rings. The molecule has 0 unspecified atom stereocenters. The largest absolute Gasteiger partial charge is 0.358 e. The Kier molecular flexibility index (Phi) is 4.19. The molecule has 0 aliphatic carbocycles. The first-order valence-corrected chi connectivity index (χ1v) is 9.15. The van der Waals surface area contributed by atoms with Gasteiger partial charge in [0, 0.05) is 11.9 Å². The number of nitrogens with zero attached hydrogens (tertiary/aromatic N) is 4. The monoisotopic (exact) mass is 349 g/mol. The fraction of sp³-hybridized carbons (Fsp3) is 0.211. The molecular weight excluding hydrogens is 330 g/mol. The Morgan fingerprint density at radius 2 is 2.00 bits per heavy atom. The summed E-state index contributed by atoms with van der Waals surface area (Å²) in [6, 6.07) is 13.0. The smallest absolute Gasteiger partial charge is 0.163 e. The van der Waals surface area contributed by atoms with Gasteiger partial charge in [0.2, 0.25) is 0 Å². The van der Waals surface area contributed by atoms with E-state index in [2.05, 4.69) is 69.1 Å². The van der Waals surface area contributed by atoms with Crippen LogP contribution in [0.25, 0.3) is 11.0 Å². The molecule has 4 aromatic rings. The molecule has 0 aliphatic heterocycles. The highest BCUT2D eigenvalue weighted by atomic mass is 32.1. The van der Waals surface area contributed by atoms with E-state index in [4.69, 9.17) is 0 Å². The highest BCUT2D eigenvalue weighted by Crippen LogP contribution is 2.31. The van der Waals surface area contributed by atoms with Crippen LogP contribution in [-0.2, 0) is 13.5 Å². The predicted octanol–water partition coefficient (Wildman–Crippen LogP) is 4.19.